The van der Waals surface area contributed by atoms with Gasteiger partial charge in [-0.25, -0.2) is 0 Å². The zero-order valence-electron chi connectivity index (χ0n) is 18.1. The molecule has 1 fully saturated rings. The summed E-state index contributed by atoms with van der Waals surface area (Å²) in [7, 11) is 1.71. The lowest BCUT2D eigenvalue weighted by Crippen LogP contribution is -2.40. The molecule has 3 aliphatic heterocycles. The maximum absolute atomic E-state index is 13.3. The van der Waals surface area contributed by atoms with E-state index in [1.54, 1.807) is 7.11 Å². The van der Waals surface area contributed by atoms with Crippen molar-refractivity contribution >= 4 is 5.91 Å². The van der Waals surface area contributed by atoms with E-state index in [1.165, 1.54) is 11.1 Å². The molecular formula is C25H30N2O4. The first-order valence-corrected chi connectivity index (χ1v) is 11.3. The molecule has 1 atom stereocenters. The predicted octanol–water partition coefficient (Wildman–Crippen LogP) is 3.58. The maximum atomic E-state index is 13.3. The zero-order chi connectivity index (χ0) is 21.2. The number of carbonyl (C=O) groups is 1. The number of hydrogen-bond acceptors (Lipinski definition) is 5. The molecule has 1 unspecified atom stereocenters. The van der Waals surface area contributed by atoms with Gasteiger partial charge in [0, 0.05) is 13.1 Å². The van der Waals surface area contributed by atoms with Crippen molar-refractivity contribution in [2.24, 2.45) is 0 Å². The Morgan fingerprint density at radius 3 is 2.77 bits per heavy atom. The van der Waals surface area contributed by atoms with Gasteiger partial charge in [-0.3, -0.25) is 9.69 Å². The highest BCUT2D eigenvalue weighted by Gasteiger charge is 2.32. The lowest BCUT2D eigenvalue weighted by Gasteiger charge is -2.29. The number of methoxy groups -OCH3 is 1. The quantitative estimate of drug-likeness (QED) is 0.754. The van der Waals surface area contributed by atoms with Crippen LogP contribution in [0.2, 0.25) is 0 Å². The largest absolute Gasteiger partial charge is 0.497 e. The Morgan fingerprint density at radius 2 is 1.90 bits per heavy atom. The second kappa shape index (κ2) is 8.79. The summed E-state index contributed by atoms with van der Waals surface area (Å²) in [6, 6.07) is 12.5. The first kappa shape index (κ1) is 20.2. The van der Waals surface area contributed by atoms with E-state index in [4.69, 9.17) is 14.2 Å². The molecule has 0 aromatic heterocycles. The molecule has 5 rings (SSSR count). The molecular weight excluding hydrogens is 392 g/mol. The number of likely N-dealkylation sites (tertiary alicyclic amines) is 1. The van der Waals surface area contributed by atoms with E-state index in [1.807, 2.05) is 12.1 Å². The fraction of sp³-hybridized carbons (Fsp3) is 0.480. The summed E-state index contributed by atoms with van der Waals surface area (Å²) >= 11 is 0. The molecule has 3 heterocycles. The average molecular weight is 423 g/mol. The van der Waals surface area contributed by atoms with E-state index >= 15 is 0 Å². The molecule has 3 aliphatic rings. The van der Waals surface area contributed by atoms with E-state index in [0.29, 0.717) is 19.8 Å². The Labute approximate surface area is 183 Å². The van der Waals surface area contributed by atoms with Gasteiger partial charge in [0.25, 0.3) is 0 Å². The third kappa shape index (κ3) is 4.22. The van der Waals surface area contributed by atoms with Gasteiger partial charge in [0.2, 0.25) is 5.91 Å². The van der Waals surface area contributed by atoms with Crippen molar-refractivity contribution in [3.05, 3.63) is 53.1 Å². The van der Waals surface area contributed by atoms with Crippen LogP contribution in [0.1, 0.15) is 42.0 Å². The van der Waals surface area contributed by atoms with Crippen LogP contribution in [0, 0.1) is 0 Å². The van der Waals surface area contributed by atoms with Gasteiger partial charge in [-0.1, -0.05) is 12.1 Å². The molecule has 2 aromatic rings. The summed E-state index contributed by atoms with van der Waals surface area (Å²) in [5, 5.41) is 0. The number of amides is 1. The maximum Gasteiger partial charge on any atom is 0.237 e. The van der Waals surface area contributed by atoms with Crippen molar-refractivity contribution in [3.8, 4) is 17.2 Å². The molecule has 0 bridgehead atoms. The van der Waals surface area contributed by atoms with E-state index in [-0.39, 0.29) is 11.9 Å². The Balaban J connectivity index is 1.28. The fourth-order valence-corrected chi connectivity index (χ4v) is 5.03. The molecule has 6 heteroatoms. The van der Waals surface area contributed by atoms with Crippen LogP contribution in [-0.2, 0) is 17.8 Å². The highest BCUT2D eigenvalue weighted by atomic mass is 16.6. The van der Waals surface area contributed by atoms with Crippen molar-refractivity contribution in [1.29, 1.82) is 0 Å². The van der Waals surface area contributed by atoms with Crippen LogP contribution in [0.3, 0.4) is 0 Å². The number of fused-ring (bicyclic) bond motifs is 2. The number of nitrogens with zero attached hydrogens (tertiary/aromatic N) is 2. The van der Waals surface area contributed by atoms with Crippen LogP contribution >= 0.6 is 0 Å². The Hall–Kier alpha value is -2.73. The minimum atomic E-state index is 0.117. The SMILES string of the molecule is COc1ccc2c(c1)CCCN(CC(=O)N1CCCC1c1ccc3c(c1)OCCO3)C2. The topological polar surface area (TPSA) is 51.2 Å². The summed E-state index contributed by atoms with van der Waals surface area (Å²) in [6.45, 7) is 4.20. The van der Waals surface area contributed by atoms with Gasteiger partial charge < -0.3 is 19.1 Å². The monoisotopic (exact) mass is 422 g/mol. The fourth-order valence-electron chi connectivity index (χ4n) is 5.03. The highest BCUT2D eigenvalue weighted by molar-refractivity contribution is 5.79. The van der Waals surface area contributed by atoms with E-state index < -0.39 is 0 Å². The third-order valence-electron chi connectivity index (χ3n) is 6.61. The van der Waals surface area contributed by atoms with Gasteiger partial charge in [0.15, 0.2) is 11.5 Å². The van der Waals surface area contributed by atoms with Crippen LogP contribution in [0.25, 0.3) is 0 Å². The summed E-state index contributed by atoms with van der Waals surface area (Å²) < 4.78 is 16.8. The van der Waals surface area contributed by atoms with Gasteiger partial charge in [0.1, 0.15) is 19.0 Å². The van der Waals surface area contributed by atoms with Gasteiger partial charge in [-0.15, -0.1) is 0 Å². The minimum absolute atomic E-state index is 0.117. The second-order valence-electron chi connectivity index (χ2n) is 8.60. The molecule has 0 saturated carbocycles. The smallest absolute Gasteiger partial charge is 0.237 e. The number of benzene rings is 2. The van der Waals surface area contributed by atoms with E-state index in [2.05, 4.69) is 34.1 Å². The van der Waals surface area contributed by atoms with Crippen LogP contribution in [0.4, 0.5) is 0 Å². The van der Waals surface area contributed by atoms with Crippen LogP contribution in [0.5, 0.6) is 17.2 Å². The molecule has 164 valence electrons. The van der Waals surface area contributed by atoms with E-state index in [0.717, 1.165) is 68.1 Å². The second-order valence-corrected chi connectivity index (χ2v) is 8.60. The molecule has 31 heavy (non-hydrogen) atoms. The summed E-state index contributed by atoms with van der Waals surface area (Å²) in [5.74, 6) is 2.71. The molecule has 1 saturated heterocycles. The molecule has 6 nitrogen and oxygen atoms in total. The molecule has 2 aromatic carbocycles. The minimum Gasteiger partial charge on any atom is -0.497 e. The van der Waals surface area contributed by atoms with Gasteiger partial charge >= 0.3 is 0 Å². The third-order valence-corrected chi connectivity index (χ3v) is 6.61. The lowest BCUT2D eigenvalue weighted by atomic mass is 10.0. The van der Waals surface area contributed by atoms with Crippen molar-refractivity contribution in [1.82, 2.24) is 9.80 Å². The number of hydrogen-bond donors (Lipinski definition) is 0. The number of ether oxygens (including phenoxy) is 3. The number of rotatable bonds is 4. The standard InChI is InChI=1S/C25H30N2O4/c1-29-21-8-6-20-16-26(10-2-4-18(20)14-21)17-25(28)27-11-3-5-22(27)19-7-9-23-24(15-19)31-13-12-30-23/h6-9,14-15,22H,2-5,10-13,16-17H2,1H3. The van der Waals surface area contributed by atoms with Crippen molar-refractivity contribution in [2.75, 3.05) is 40.0 Å². The van der Waals surface area contributed by atoms with Crippen molar-refractivity contribution in [3.63, 3.8) is 0 Å². The van der Waals surface area contributed by atoms with Crippen molar-refractivity contribution < 1.29 is 19.0 Å². The summed E-state index contributed by atoms with van der Waals surface area (Å²) in [5.41, 5.74) is 3.78. The lowest BCUT2D eigenvalue weighted by molar-refractivity contribution is -0.133. The average Bonchev–Trinajstić information content (AvgIpc) is 3.21. The first-order valence-electron chi connectivity index (χ1n) is 11.3. The summed E-state index contributed by atoms with van der Waals surface area (Å²) in [4.78, 5) is 17.7. The van der Waals surface area contributed by atoms with Gasteiger partial charge in [-0.05, 0) is 73.2 Å². The van der Waals surface area contributed by atoms with Crippen LogP contribution in [-0.4, -0.2) is 55.7 Å². The predicted molar refractivity (Wildman–Crippen MR) is 118 cm³/mol. The molecule has 0 aliphatic carbocycles. The van der Waals surface area contributed by atoms with Crippen molar-refractivity contribution in [2.45, 2.75) is 38.3 Å². The van der Waals surface area contributed by atoms with Gasteiger partial charge in [-0.2, -0.15) is 0 Å². The number of carbonyl (C=O) groups excluding carboxylic acids is 1. The summed E-state index contributed by atoms with van der Waals surface area (Å²) in [6.07, 6.45) is 4.11. The Bertz CT molecular complexity index is 961. The Morgan fingerprint density at radius 1 is 1.03 bits per heavy atom. The van der Waals surface area contributed by atoms with Crippen LogP contribution < -0.4 is 14.2 Å². The zero-order valence-corrected chi connectivity index (χ0v) is 18.1. The molecule has 0 N–H and O–H groups in total. The van der Waals surface area contributed by atoms with Crippen LogP contribution in [0.15, 0.2) is 36.4 Å². The molecule has 0 spiro atoms. The Kier molecular flexibility index (Phi) is 5.72. The number of aryl methyl sites for hydroxylation is 1. The molecule has 1 amide bonds. The molecule has 0 radical (unpaired) electrons. The van der Waals surface area contributed by atoms with E-state index in [9.17, 15) is 4.79 Å². The first-order chi connectivity index (χ1) is 15.2. The highest BCUT2D eigenvalue weighted by Crippen LogP contribution is 2.38. The normalized spacial score (nSPS) is 20.8. The van der Waals surface area contributed by atoms with Gasteiger partial charge in [0.05, 0.1) is 19.7 Å².